The number of carbonyl (C=O) groups is 1. The Balaban J connectivity index is 1.43. The summed E-state index contributed by atoms with van der Waals surface area (Å²) in [5, 5.41) is 0. The van der Waals surface area contributed by atoms with Gasteiger partial charge in [-0.05, 0) is 24.6 Å². The van der Waals surface area contributed by atoms with Crippen LogP contribution in [0.3, 0.4) is 0 Å². The second-order valence-electron chi connectivity index (χ2n) is 6.97. The van der Waals surface area contributed by atoms with E-state index in [4.69, 9.17) is 4.42 Å². The summed E-state index contributed by atoms with van der Waals surface area (Å²) in [6.45, 7) is 5.65. The van der Waals surface area contributed by atoms with E-state index in [2.05, 4.69) is 17.0 Å². The van der Waals surface area contributed by atoms with Crippen molar-refractivity contribution in [1.29, 1.82) is 0 Å². The predicted molar refractivity (Wildman–Crippen MR) is 103 cm³/mol. The molecule has 6 nitrogen and oxygen atoms in total. The number of hydrogen-bond acceptors (Lipinski definition) is 4. The number of fused-ring (bicyclic) bond motifs is 1. The highest BCUT2D eigenvalue weighted by atomic mass is 16.4. The van der Waals surface area contributed by atoms with E-state index in [1.165, 1.54) is 10.1 Å². The molecule has 1 aromatic heterocycles. The number of nitrogens with zero attached hydrogens (tertiary/aromatic N) is 3. The van der Waals surface area contributed by atoms with Crippen molar-refractivity contribution in [2.75, 3.05) is 26.2 Å². The van der Waals surface area contributed by atoms with E-state index < -0.39 is 11.8 Å². The molecule has 1 unspecified atom stereocenters. The average molecular weight is 365 g/mol. The van der Waals surface area contributed by atoms with Gasteiger partial charge in [0.1, 0.15) is 6.04 Å². The maximum Gasteiger partial charge on any atom is 0.420 e. The molecule has 1 fully saturated rings. The van der Waals surface area contributed by atoms with Crippen LogP contribution in [0.2, 0.25) is 0 Å². The second-order valence-corrected chi connectivity index (χ2v) is 6.97. The van der Waals surface area contributed by atoms with Crippen molar-refractivity contribution in [3.8, 4) is 0 Å². The molecular formula is C21H23N3O3. The minimum absolute atomic E-state index is 0.0389. The third kappa shape index (κ3) is 3.53. The van der Waals surface area contributed by atoms with Gasteiger partial charge in [0.15, 0.2) is 5.58 Å². The largest absolute Gasteiger partial charge is 0.420 e. The Hall–Kier alpha value is -2.86. The third-order valence-corrected chi connectivity index (χ3v) is 5.20. The van der Waals surface area contributed by atoms with Gasteiger partial charge < -0.3 is 9.32 Å². The monoisotopic (exact) mass is 365 g/mol. The quantitative estimate of drug-likeness (QED) is 0.713. The van der Waals surface area contributed by atoms with Crippen LogP contribution >= 0.6 is 0 Å². The lowest BCUT2D eigenvalue weighted by atomic mass is 10.2. The Labute approximate surface area is 157 Å². The fraction of sp³-hybridized carbons (Fsp3) is 0.333. The number of amides is 1. The molecule has 3 aromatic rings. The molecule has 1 atom stereocenters. The topological polar surface area (TPSA) is 58.7 Å². The van der Waals surface area contributed by atoms with Crippen LogP contribution in [0.4, 0.5) is 0 Å². The lowest BCUT2D eigenvalue weighted by Crippen LogP contribution is -2.50. The fourth-order valence-electron chi connectivity index (χ4n) is 3.69. The molecule has 140 valence electrons. The molecule has 1 aliphatic rings. The maximum atomic E-state index is 13.0. The van der Waals surface area contributed by atoms with Crippen LogP contribution in [0.5, 0.6) is 0 Å². The predicted octanol–water partition coefficient (Wildman–Crippen LogP) is 2.50. The molecule has 4 rings (SSSR count). The Morgan fingerprint density at radius 2 is 1.67 bits per heavy atom. The summed E-state index contributed by atoms with van der Waals surface area (Å²) in [5.41, 5.74) is 2.45. The van der Waals surface area contributed by atoms with E-state index >= 15 is 0 Å². The van der Waals surface area contributed by atoms with E-state index in [0.29, 0.717) is 24.2 Å². The van der Waals surface area contributed by atoms with Crippen molar-refractivity contribution >= 4 is 17.0 Å². The summed E-state index contributed by atoms with van der Waals surface area (Å²) in [6, 6.07) is 17.0. The number of oxazole rings is 1. The van der Waals surface area contributed by atoms with Crippen LogP contribution < -0.4 is 5.76 Å². The first-order valence-corrected chi connectivity index (χ1v) is 9.28. The Kier molecular flexibility index (Phi) is 4.81. The summed E-state index contributed by atoms with van der Waals surface area (Å²) in [7, 11) is 0. The molecule has 0 saturated carbocycles. The summed E-state index contributed by atoms with van der Waals surface area (Å²) in [4.78, 5) is 29.4. The van der Waals surface area contributed by atoms with E-state index in [1.54, 1.807) is 13.0 Å². The van der Waals surface area contributed by atoms with Crippen LogP contribution in [0.25, 0.3) is 11.1 Å². The van der Waals surface area contributed by atoms with Crippen LogP contribution in [0, 0.1) is 0 Å². The molecule has 1 aliphatic heterocycles. The Morgan fingerprint density at radius 3 is 2.41 bits per heavy atom. The number of aromatic nitrogens is 1. The summed E-state index contributed by atoms with van der Waals surface area (Å²) >= 11 is 0. The van der Waals surface area contributed by atoms with Gasteiger partial charge in [-0.15, -0.1) is 0 Å². The first-order chi connectivity index (χ1) is 13.1. The molecule has 2 heterocycles. The molecule has 0 N–H and O–H groups in total. The summed E-state index contributed by atoms with van der Waals surface area (Å²) < 4.78 is 6.72. The lowest BCUT2D eigenvalue weighted by molar-refractivity contribution is -0.136. The molecule has 0 spiro atoms. The van der Waals surface area contributed by atoms with Gasteiger partial charge in [-0.1, -0.05) is 42.5 Å². The zero-order valence-corrected chi connectivity index (χ0v) is 15.4. The molecule has 2 aromatic carbocycles. The number of para-hydroxylation sites is 2. The summed E-state index contributed by atoms with van der Waals surface area (Å²) in [6.07, 6.45) is 0. The van der Waals surface area contributed by atoms with Gasteiger partial charge in [-0.25, -0.2) is 4.79 Å². The number of rotatable bonds is 4. The first-order valence-electron chi connectivity index (χ1n) is 9.28. The van der Waals surface area contributed by atoms with Gasteiger partial charge in [0.05, 0.1) is 5.52 Å². The minimum atomic E-state index is -0.582. The molecule has 27 heavy (non-hydrogen) atoms. The molecule has 0 bridgehead atoms. The minimum Gasteiger partial charge on any atom is -0.408 e. The Bertz CT molecular complexity index is 985. The standard InChI is InChI=1S/C21H23N3O3/c1-16(24-18-9-5-6-10-19(18)27-21(24)26)20(25)23-13-11-22(12-14-23)15-17-7-3-2-4-8-17/h2-10,16H,11-15H2,1H3. The highest BCUT2D eigenvalue weighted by Gasteiger charge is 2.28. The molecular weight excluding hydrogens is 342 g/mol. The number of benzene rings is 2. The van der Waals surface area contributed by atoms with Crippen molar-refractivity contribution in [2.45, 2.75) is 19.5 Å². The lowest BCUT2D eigenvalue weighted by Gasteiger charge is -2.36. The fourth-order valence-corrected chi connectivity index (χ4v) is 3.69. The van der Waals surface area contributed by atoms with Crippen molar-refractivity contribution in [2.24, 2.45) is 0 Å². The van der Waals surface area contributed by atoms with Gasteiger partial charge in [0.2, 0.25) is 5.91 Å². The smallest absolute Gasteiger partial charge is 0.408 e. The van der Waals surface area contributed by atoms with E-state index in [-0.39, 0.29) is 5.91 Å². The zero-order chi connectivity index (χ0) is 18.8. The van der Waals surface area contributed by atoms with Gasteiger partial charge >= 0.3 is 5.76 Å². The number of piperazine rings is 1. The van der Waals surface area contributed by atoms with Crippen molar-refractivity contribution in [3.05, 3.63) is 70.7 Å². The molecule has 6 heteroatoms. The van der Waals surface area contributed by atoms with Gasteiger partial charge in [-0.3, -0.25) is 14.3 Å². The van der Waals surface area contributed by atoms with Crippen LogP contribution in [0.1, 0.15) is 18.5 Å². The van der Waals surface area contributed by atoms with Gasteiger partial charge in [0, 0.05) is 32.7 Å². The molecule has 1 amide bonds. The van der Waals surface area contributed by atoms with Crippen LogP contribution in [-0.4, -0.2) is 46.5 Å². The SMILES string of the molecule is CC(C(=O)N1CCN(Cc2ccccc2)CC1)n1c(=O)oc2ccccc21. The number of carbonyl (C=O) groups excluding carboxylic acids is 1. The maximum absolute atomic E-state index is 13.0. The van der Waals surface area contributed by atoms with Gasteiger partial charge in [-0.2, -0.15) is 0 Å². The highest BCUT2D eigenvalue weighted by molar-refractivity contribution is 5.83. The van der Waals surface area contributed by atoms with Crippen molar-refractivity contribution in [3.63, 3.8) is 0 Å². The van der Waals surface area contributed by atoms with Crippen LogP contribution in [-0.2, 0) is 11.3 Å². The van der Waals surface area contributed by atoms with Crippen molar-refractivity contribution < 1.29 is 9.21 Å². The first kappa shape index (κ1) is 17.5. The van der Waals surface area contributed by atoms with Gasteiger partial charge in [0.25, 0.3) is 0 Å². The molecule has 0 radical (unpaired) electrons. The van der Waals surface area contributed by atoms with Crippen LogP contribution in [0.15, 0.2) is 63.8 Å². The second kappa shape index (κ2) is 7.40. The summed E-state index contributed by atoms with van der Waals surface area (Å²) in [5.74, 6) is -0.525. The third-order valence-electron chi connectivity index (χ3n) is 5.20. The van der Waals surface area contributed by atoms with E-state index in [0.717, 1.165) is 19.6 Å². The average Bonchev–Trinajstić information content (AvgIpc) is 3.04. The zero-order valence-electron chi connectivity index (χ0n) is 15.4. The van der Waals surface area contributed by atoms with E-state index in [9.17, 15) is 9.59 Å². The normalized spacial score (nSPS) is 16.6. The number of hydrogen-bond donors (Lipinski definition) is 0. The highest BCUT2D eigenvalue weighted by Crippen LogP contribution is 2.19. The van der Waals surface area contributed by atoms with E-state index in [1.807, 2.05) is 41.3 Å². The molecule has 1 saturated heterocycles. The molecule has 0 aliphatic carbocycles. The Morgan fingerprint density at radius 1 is 1.00 bits per heavy atom. The van der Waals surface area contributed by atoms with Crippen molar-refractivity contribution in [1.82, 2.24) is 14.4 Å².